The minimum absolute atomic E-state index is 0.320. The van der Waals surface area contributed by atoms with Gasteiger partial charge in [0.1, 0.15) is 0 Å². The number of hydrogen-bond donors (Lipinski definition) is 1. The van der Waals surface area contributed by atoms with Crippen LogP contribution in [0.2, 0.25) is 0 Å². The predicted octanol–water partition coefficient (Wildman–Crippen LogP) is 3.70. The fraction of sp³-hybridized carbons (Fsp3) is 0.500. The Hall–Kier alpha value is -1.45. The van der Waals surface area contributed by atoms with Crippen LogP contribution in [0.15, 0.2) is 36.5 Å². The van der Waals surface area contributed by atoms with Crippen LogP contribution in [0.25, 0.3) is 10.9 Å². The van der Waals surface area contributed by atoms with Gasteiger partial charge in [-0.3, -0.25) is 4.98 Å². The van der Waals surface area contributed by atoms with E-state index in [0.29, 0.717) is 18.1 Å². The molecule has 0 amide bonds. The van der Waals surface area contributed by atoms with Gasteiger partial charge >= 0.3 is 0 Å². The number of hydrogen-bond acceptors (Lipinski definition) is 3. The van der Waals surface area contributed by atoms with Crippen LogP contribution in [0.3, 0.4) is 0 Å². The summed E-state index contributed by atoms with van der Waals surface area (Å²) >= 11 is 0. The molecule has 1 aromatic heterocycles. The van der Waals surface area contributed by atoms with Crippen molar-refractivity contribution in [3.63, 3.8) is 0 Å². The Morgan fingerprint density at radius 1 is 1.29 bits per heavy atom. The number of benzene rings is 1. The van der Waals surface area contributed by atoms with E-state index in [0.717, 1.165) is 31.5 Å². The Labute approximate surface area is 126 Å². The molecule has 3 nitrogen and oxygen atoms in total. The number of rotatable bonds is 5. The molecule has 1 aromatic carbocycles. The lowest BCUT2D eigenvalue weighted by molar-refractivity contribution is 0.0777. The largest absolute Gasteiger partial charge is 0.378 e. The highest BCUT2D eigenvalue weighted by atomic mass is 16.5. The number of nitrogens with zero attached hydrogens (tertiary/aromatic N) is 1. The molecule has 2 aromatic rings. The van der Waals surface area contributed by atoms with Crippen LogP contribution in [0.1, 0.15) is 38.3 Å². The molecule has 3 heteroatoms. The fourth-order valence-corrected chi connectivity index (χ4v) is 3.56. The van der Waals surface area contributed by atoms with Crippen LogP contribution >= 0.6 is 0 Å². The molecule has 0 radical (unpaired) electrons. The van der Waals surface area contributed by atoms with E-state index >= 15 is 0 Å². The second-order valence-corrected chi connectivity index (χ2v) is 5.73. The van der Waals surface area contributed by atoms with Crippen LogP contribution in [-0.4, -0.2) is 24.2 Å². The summed E-state index contributed by atoms with van der Waals surface area (Å²) in [7, 11) is 0. The van der Waals surface area contributed by atoms with Gasteiger partial charge in [0, 0.05) is 30.1 Å². The van der Waals surface area contributed by atoms with E-state index < -0.39 is 0 Å². The smallest absolute Gasteiger partial charge is 0.0749 e. The fourth-order valence-electron chi connectivity index (χ4n) is 3.56. The molecule has 3 rings (SSSR count). The Bertz CT molecular complexity index is 593. The van der Waals surface area contributed by atoms with Gasteiger partial charge in [-0.2, -0.15) is 0 Å². The maximum Gasteiger partial charge on any atom is 0.0749 e. The monoisotopic (exact) mass is 284 g/mol. The third-order valence-corrected chi connectivity index (χ3v) is 4.51. The lowest BCUT2D eigenvalue weighted by Gasteiger charge is -2.29. The molecule has 1 fully saturated rings. The first-order valence-corrected chi connectivity index (χ1v) is 8.03. The third-order valence-electron chi connectivity index (χ3n) is 4.51. The van der Waals surface area contributed by atoms with E-state index in [2.05, 4.69) is 48.4 Å². The number of aromatic nitrogens is 1. The standard InChI is InChI=1S/C18H24N2O/c1-3-16-14(10-12-21-16)18(19-4-2)15-9-5-7-13-8-6-11-20-17(13)15/h5-9,11,14,16,18-19H,3-4,10,12H2,1-2H3. The number of pyridine rings is 1. The number of ether oxygens (including phenoxy) is 1. The Balaban J connectivity index is 2.03. The second-order valence-electron chi connectivity index (χ2n) is 5.73. The molecule has 21 heavy (non-hydrogen) atoms. The van der Waals surface area contributed by atoms with Crippen LogP contribution in [0.4, 0.5) is 0 Å². The Kier molecular flexibility index (Phi) is 4.51. The predicted molar refractivity (Wildman–Crippen MR) is 86.3 cm³/mol. The molecule has 3 unspecified atom stereocenters. The molecule has 1 aliphatic heterocycles. The average molecular weight is 284 g/mol. The molecular formula is C18H24N2O. The maximum atomic E-state index is 5.92. The Morgan fingerprint density at radius 2 is 2.14 bits per heavy atom. The highest BCUT2D eigenvalue weighted by Gasteiger charge is 2.34. The number of fused-ring (bicyclic) bond motifs is 1. The molecular weight excluding hydrogens is 260 g/mol. The molecule has 0 bridgehead atoms. The lowest BCUT2D eigenvalue weighted by Crippen LogP contribution is -2.33. The first kappa shape index (κ1) is 14.5. The minimum atomic E-state index is 0.320. The zero-order chi connectivity index (χ0) is 14.7. The topological polar surface area (TPSA) is 34.2 Å². The molecule has 2 heterocycles. The van der Waals surface area contributed by atoms with Crippen molar-refractivity contribution in [3.05, 3.63) is 42.1 Å². The van der Waals surface area contributed by atoms with Crippen molar-refractivity contribution in [2.24, 2.45) is 5.92 Å². The zero-order valence-electron chi connectivity index (χ0n) is 12.9. The van der Waals surface area contributed by atoms with Crippen LogP contribution in [0, 0.1) is 5.92 Å². The summed E-state index contributed by atoms with van der Waals surface area (Å²) in [6.07, 6.45) is 4.44. The van der Waals surface area contributed by atoms with Crippen molar-refractivity contribution in [1.82, 2.24) is 10.3 Å². The van der Waals surface area contributed by atoms with Crippen LogP contribution in [0.5, 0.6) is 0 Å². The third kappa shape index (κ3) is 2.81. The first-order chi connectivity index (χ1) is 10.3. The Morgan fingerprint density at radius 3 is 2.95 bits per heavy atom. The summed E-state index contributed by atoms with van der Waals surface area (Å²) in [4.78, 5) is 4.63. The van der Waals surface area contributed by atoms with Gasteiger partial charge in [-0.25, -0.2) is 0 Å². The highest BCUT2D eigenvalue weighted by Crippen LogP contribution is 2.36. The van der Waals surface area contributed by atoms with Gasteiger partial charge in [-0.1, -0.05) is 38.1 Å². The average Bonchev–Trinajstić information content (AvgIpc) is 3.00. The van der Waals surface area contributed by atoms with Crippen molar-refractivity contribution in [3.8, 4) is 0 Å². The summed E-state index contributed by atoms with van der Waals surface area (Å²) in [6.45, 7) is 6.22. The molecule has 0 aliphatic carbocycles. The summed E-state index contributed by atoms with van der Waals surface area (Å²) in [5.41, 5.74) is 2.43. The quantitative estimate of drug-likeness (QED) is 0.909. The van der Waals surface area contributed by atoms with E-state index in [1.807, 2.05) is 12.3 Å². The molecule has 1 aliphatic rings. The molecule has 0 spiro atoms. The van der Waals surface area contributed by atoms with Crippen LogP contribution < -0.4 is 5.32 Å². The van der Waals surface area contributed by atoms with Gasteiger partial charge in [0.2, 0.25) is 0 Å². The zero-order valence-corrected chi connectivity index (χ0v) is 12.9. The molecule has 1 N–H and O–H groups in total. The van der Waals surface area contributed by atoms with Gasteiger partial charge < -0.3 is 10.1 Å². The lowest BCUT2D eigenvalue weighted by atomic mass is 9.85. The van der Waals surface area contributed by atoms with E-state index in [-0.39, 0.29) is 0 Å². The van der Waals surface area contributed by atoms with Gasteiger partial charge in [0.25, 0.3) is 0 Å². The summed E-state index contributed by atoms with van der Waals surface area (Å²) < 4.78 is 5.92. The van der Waals surface area contributed by atoms with Crippen molar-refractivity contribution in [1.29, 1.82) is 0 Å². The maximum absolute atomic E-state index is 5.92. The first-order valence-electron chi connectivity index (χ1n) is 8.03. The molecule has 112 valence electrons. The van der Waals surface area contributed by atoms with Crippen molar-refractivity contribution < 1.29 is 4.74 Å². The van der Waals surface area contributed by atoms with Gasteiger partial charge in [0.05, 0.1) is 11.6 Å². The number of para-hydroxylation sites is 1. The van der Waals surface area contributed by atoms with Crippen molar-refractivity contribution in [2.45, 2.75) is 38.8 Å². The van der Waals surface area contributed by atoms with Gasteiger partial charge in [-0.15, -0.1) is 0 Å². The van der Waals surface area contributed by atoms with Crippen molar-refractivity contribution >= 4 is 10.9 Å². The summed E-state index contributed by atoms with van der Waals surface area (Å²) in [6, 6.07) is 11.0. The minimum Gasteiger partial charge on any atom is -0.378 e. The van der Waals surface area contributed by atoms with E-state index in [9.17, 15) is 0 Å². The van der Waals surface area contributed by atoms with E-state index in [4.69, 9.17) is 4.74 Å². The highest BCUT2D eigenvalue weighted by molar-refractivity contribution is 5.82. The molecule has 0 saturated carbocycles. The van der Waals surface area contributed by atoms with Crippen molar-refractivity contribution in [2.75, 3.05) is 13.2 Å². The van der Waals surface area contributed by atoms with Crippen LogP contribution in [-0.2, 0) is 4.74 Å². The van der Waals surface area contributed by atoms with Gasteiger partial charge in [0.15, 0.2) is 0 Å². The summed E-state index contributed by atoms with van der Waals surface area (Å²) in [5, 5.41) is 4.89. The van der Waals surface area contributed by atoms with E-state index in [1.54, 1.807) is 0 Å². The number of nitrogens with one attached hydrogen (secondary N) is 1. The summed E-state index contributed by atoms with van der Waals surface area (Å²) in [5.74, 6) is 0.530. The molecule has 3 atom stereocenters. The normalized spacial score (nSPS) is 23.5. The SMILES string of the molecule is CCNC(c1cccc2cccnc12)C1CCOC1CC. The molecule has 1 saturated heterocycles. The van der Waals surface area contributed by atoms with Gasteiger partial charge in [-0.05, 0) is 31.0 Å². The van der Waals surface area contributed by atoms with E-state index in [1.165, 1.54) is 10.9 Å². The second kappa shape index (κ2) is 6.54.